The predicted octanol–water partition coefficient (Wildman–Crippen LogP) is 39.1. The fourth-order valence-corrected chi connectivity index (χ4v) is 16.6. The van der Waals surface area contributed by atoms with Crippen LogP contribution >= 0.6 is 0 Å². The Labute approximate surface area is 867 Å². The van der Waals surface area contributed by atoms with E-state index in [9.17, 15) is 0 Å². The van der Waals surface area contributed by atoms with Gasteiger partial charge in [0.25, 0.3) is 0 Å². The SMILES string of the molecule is CC(=Nc1c(C(C)C)cccc1C(C)C)C(C)=Nc1c(C(C)C)cccc1C(C)C.CC(C)c1cccc(C(C)C)c1N=C1C(=Nc2c(C(C)C)cccc2C(C)C)c2cccc3cccc1c23.CC(C)c1cccc(C(C)C)c1N=CC=Nc1c(C(C)C)cccc1C(C)C.CC(C)c1cccc(C(C)C)c1N=CC=Nc1c(C(C)C)cccc1C(C)C.[CH3-].[CH3-].[CH3-].[CH3-].[CH3-].[CH3-].[CH3-].[Ni+2].[Ni+2].[Ni+2].[NiH]. The second kappa shape index (κ2) is 62.0. The van der Waals surface area contributed by atoms with Gasteiger partial charge in [-0.2, -0.15) is 0 Å². The van der Waals surface area contributed by atoms with E-state index < -0.39 is 0 Å². The first-order valence-electron chi connectivity index (χ1n) is 46.7. The van der Waals surface area contributed by atoms with Crippen LogP contribution in [0.2, 0.25) is 0 Å². The summed E-state index contributed by atoms with van der Waals surface area (Å²) < 4.78 is 0. The van der Waals surface area contributed by atoms with Crippen molar-refractivity contribution in [2.75, 3.05) is 0 Å². The fraction of sp³-hybridized carbons (Fsp3) is 0.407. The van der Waals surface area contributed by atoms with E-state index in [0.717, 1.165) is 68.3 Å². The number of benzene rings is 10. The molecule has 0 bridgehead atoms. The molecular weight excluding hydrogens is 1820 g/mol. The Morgan fingerprint density at radius 1 is 0.193 bits per heavy atom. The number of aliphatic imine (C=N–C) groups is 8. The summed E-state index contributed by atoms with van der Waals surface area (Å²) in [6.07, 6.45) is 7.42. The molecule has 747 valence electrons. The molecule has 11 rings (SSSR count). The summed E-state index contributed by atoms with van der Waals surface area (Å²) in [4.78, 5) is 40.7. The molecule has 0 spiro atoms. The molecule has 0 aliphatic heterocycles. The molecule has 10 aromatic rings. The quantitative estimate of drug-likeness (QED) is 0.0278. The molecule has 0 amide bonds. The summed E-state index contributed by atoms with van der Waals surface area (Å²) in [5.74, 6) is 6.77. The normalized spacial score (nSPS) is 12.5. The summed E-state index contributed by atoms with van der Waals surface area (Å²) in [6.45, 7) is 75.7. The van der Waals surface area contributed by atoms with Crippen LogP contribution in [0.4, 0.5) is 45.5 Å². The molecule has 0 N–H and O–H groups in total. The van der Waals surface area contributed by atoms with Crippen molar-refractivity contribution in [3.8, 4) is 0 Å². The van der Waals surface area contributed by atoms with Gasteiger partial charge in [-0.05, 0) is 203 Å². The number of nitrogens with zero attached hydrogens (tertiary/aromatic N) is 8. The number of hydrogen-bond acceptors (Lipinski definition) is 8. The molecular formula is C123H174N8Ni4-. The zero-order valence-corrected chi connectivity index (χ0v) is 94.7. The fourth-order valence-electron chi connectivity index (χ4n) is 16.6. The molecule has 8 nitrogen and oxygen atoms in total. The van der Waals surface area contributed by atoms with Crippen molar-refractivity contribution in [3.63, 3.8) is 0 Å². The van der Waals surface area contributed by atoms with Gasteiger partial charge in [-0.3, -0.25) is 30.0 Å². The van der Waals surface area contributed by atoms with Gasteiger partial charge < -0.3 is 52.0 Å². The summed E-state index contributed by atoms with van der Waals surface area (Å²) >= 11 is 0. The van der Waals surface area contributed by atoms with Crippen LogP contribution < -0.4 is 0 Å². The van der Waals surface area contributed by atoms with Crippen LogP contribution in [0.3, 0.4) is 0 Å². The maximum absolute atomic E-state index is 5.55. The van der Waals surface area contributed by atoms with Crippen molar-refractivity contribution >= 4 is 104 Å². The van der Waals surface area contributed by atoms with Crippen LogP contribution in [0.5, 0.6) is 0 Å². The molecule has 0 fully saturated rings. The van der Waals surface area contributed by atoms with E-state index in [1.807, 2.05) is 24.9 Å². The van der Waals surface area contributed by atoms with Crippen molar-refractivity contribution in [2.24, 2.45) is 39.9 Å². The Balaban J connectivity index is -0.000000832. The predicted molar refractivity (Wildman–Crippen MR) is 598 cm³/mol. The van der Waals surface area contributed by atoms with Crippen LogP contribution in [0, 0.1) is 52.0 Å². The van der Waals surface area contributed by atoms with Crippen molar-refractivity contribution in [3.05, 3.63) is 334 Å². The van der Waals surface area contributed by atoms with Gasteiger partial charge in [0.15, 0.2) is 0 Å². The van der Waals surface area contributed by atoms with Gasteiger partial charge in [0.2, 0.25) is 0 Å². The summed E-state index contributed by atoms with van der Waals surface area (Å²) in [5.41, 5.74) is 35.9. The van der Waals surface area contributed by atoms with E-state index in [-0.39, 0.29) is 118 Å². The average molecular weight is 2000 g/mol. The van der Waals surface area contributed by atoms with Gasteiger partial charge in [0.1, 0.15) is 0 Å². The van der Waals surface area contributed by atoms with E-state index in [4.69, 9.17) is 39.9 Å². The second-order valence-corrected chi connectivity index (χ2v) is 38.9. The van der Waals surface area contributed by atoms with E-state index in [0.29, 0.717) is 94.7 Å². The van der Waals surface area contributed by atoms with E-state index in [1.165, 1.54) is 111 Å². The molecule has 0 unspecified atom stereocenters. The zero-order chi connectivity index (χ0) is 91.4. The minimum absolute atomic E-state index is 0. The number of rotatable bonds is 27. The third-order valence-electron chi connectivity index (χ3n) is 23.9. The molecule has 1 aliphatic rings. The Hall–Kier alpha value is -8.21. The van der Waals surface area contributed by atoms with Crippen LogP contribution in [-0.4, -0.2) is 47.7 Å². The van der Waals surface area contributed by atoms with Gasteiger partial charge in [-0.25, -0.2) is 9.98 Å². The molecule has 10 aromatic carbocycles. The number of hydrogen-bond donors (Lipinski definition) is 0. The molecule has 0 saturated heterocycles. The van der Waals surface area contributed by atoms with E-state index in [1.54, 1.807) is 0 Å². The van der Waals surface area contributed by atoms with Crippen LogP contribution in [0.25, 0.3) is 10.8 Å². The Bertz CT molecular complexity index is 4840. The Morgan fingerprint density at radius 2 is 0.326 bits per heavy atom. The monoisotopic (exact) mass is 2000 g/mol. The summed E-state index contributed by atoms with van der Waals surface area (Å²) in [7, 11) is 0. The molecule has 135 heavy (non-hydrogen) atoms. The van der Waals surface area contributed by atoms with E-state index >= 15 is 0 Å². The first-order chi connectivity index (χ1) is 58.7. The van der Waals surface area contributed by atoms with Gasteiger partial charge in [0, 0.05) is 41.4 Å². The number of para-hydroxylation sites is 8. The van der Waals surface area contributed by atoms with Crippen LogP contribution in [0.15, 0.2) is 222 Å². The van der Waals surface area contributed by atoms with Gasteiger partial charge in [0.05, 0.1) is 68.3 Å². The summed E-state index contributed by atoms with van der Waals surface area (Å²) in [5, 5.41) is 2.49. The van der Waals surface area contributed by atoms with Crippen molar-refractivity contribution in [1.29, 1.82) is 0 Å². The second-order valence-electron chi connectivity index (χ2n) is 38.9. The van der Waals surface area contributed by atoms with Crippen molar-refractivity contribution in [2.45, 2.75) is 330 Å². The standard InChI is InChI=1S/C36H40N2.C28H40N2.2C26H36N2.7CH3.4Ni.H/c1-21(2)26-15-11-16-27(22(3)4)33(26)37-35-30-19-9-13-25-14-10-20-31(32(25)30)36(35)38-34-28(23(5)6)17-12-18-29(34)24(7)8;1-17(2)23-13-11-14-24(18(3)4)27(23)29-21(9)22(10)30-28-25(19(5)6)15-12-16-26(28)20(7)8;2*1-17(2)21-11-9-12-22(18(3)4)25(21)27-15-16-28-26-23(19(5)6)13-10-14-24(26)20(7)8;;;;;;;;;;;;/h9-24H,1-8H3;11-20H,1-10H3;2*9-20H,1-8H3;7*1H3;;;;;/q;;;;7*-1;;3*+2;. The molecule has 0 aromatic heterocycles. The molecule has 0 atom stereocenters. The Morgan fingerprint density at radius 3 is 0.474 bits per heavy atom. The third-order valence-corrected chi connectivity index (χ3v) is 23.9. The molecule has 12 heteroatoms. The van der Waals surface area contributed by atoms with Gasteiger partial charge in [-0.1, -0.05) is 404 Å². The van der Waals surface area contributed by atoms with Crippen molar-refractivity contribution in [1.82, 2.24) is 0 Å². The topological polar surface area (TPSA) is 98.9 Å². The Kier molecular flexibility index (Phi) is 61.1. The van der Waals surface area contributed by atoms with Crippen LogP contribution in [-0.2, 0) is 66.0 Å². The van der Waals surface area contributed by atoms with Crippen molar-refractivity contribution < 1.29 is 66.0 Å². The summed E-state index contributed by atoms with van der Waals surface area (Å²) in [6, 6.07) is 65.7. The van der Waals surface area contributed by atoms with Gasteiger partial charge in [-0.15, -0.1) is 0 Å². The first-order valence-corrected chi connectivity index (χ1v) is 46.7. The average Bonchev–Trinajstić information content (AvgIpc) is 1.58. The van der Waals surface area contributed by atoms with Crippen LogP contribution in [0.1, 0.15) is 430 Å². The molecule has 1 aliphatic carbocycles. The zero-order valence-electron chi connectivity index (χ0n) is 90.7. The first kappa shape index (κ1) is 133. The minimum atomic E-state index is 0. The van der Waals surface area contributed by atoms with Gasteiger partial charge >= 0.3 is 66.0 Å². The maximum atomic E-state index is 5.55. The third kappa shape index (κ3) is 34.1. The van der Waals surface area contributed by atoms with E-state index in [2.05, 4.69) is 417 Å². The molecule has 0 heterocycles. The molecule has 0 radical (unpaired) electrons. The molecule has 0 saturated carbocycles.